The van der Waals surface area contributed by atoms with E-state index in [1.54, 1.807) is 0 Å². The average Bonchev–Trinajstić information content (AvgIpc) is 3.27. The van der Waals surface area contributed by atoms with E-state index >= 15 is 0 Å². The highest BCUT2D eigenvalue weighted by Gasteiger charge is 2.22. The number of aliphatic carboxylic acids is 1. The van der Waals surface area contributed by atoms with Gasteiger partial charge >= 0.3 is 5.97 Å². The van der Waals surface area contributed by atoms with Crippen molar-refractivity contribution in [2.24, 2.45) is 0 Å². The number of hydrogen-bond donors (Lipinski definition) is 7. The number of anilines is 3. The van der Waals surface area contributed by atoms with Crippen LogP contribution in [0.2, 0.25) is 0 Å². The van der Waals surface area contributed by atoms with Gasteiger partial charge in [-0.25, -0.2) is 9.78 Å². The first-order valence-electron chi connectivity index (χ1n) is 9.39. The number of carboxylic acid groups (broad SMARTS) is 1. The van der Waals surface area contributed by atoms with Crippen molar-refractivity contribution in [2.75, 3.05) is 16.8 Å². The molecule has 0 saturated heterocycles. The smallest absolute Gasteiger partial charge is 0.326 e. The second kappa shape index (κ2) is 9.94. The molecule has 33 heavy (non-hydrogen) atoms. The third-order valence-electron chi connectivity index (χ3n) is 4.33. The molecule has 0 spiro atoms. The Morgan fingerprint density at radius 3 is 2.61 bits per heavy atom. The summed E-state index contributed by atoms with van der Waals surface area (Å²) in [5.74, 6) is -2.55. The van der Waals surface area contributed by atoms with Gasteiger partial charge in [0.25, 0.3) is 11.5 Å². The molecule has 16 heteroatoms. The van der Waals surface area contributed by atoms with Crippen LogP contribution in [-0.2, 0) is 22.4 Å². The lowest BCUT2D eigenvalue weighted by atomic mass is 10.1. The molecule has 3 rings (SSSR count). The number of aromatic nitrogens is 7. The van der Waals surface area contributed by atoms with Gasteiger partial charge in [0.15, 0.2) is 5.82 Å². The lowest BCUT2D eigenvalue weighted by Gasteiger charge is -2.13. The van der Waals surface area contributed by atoms with Gasteiger partial charge in [0.05, 0.1) is 23.9 Å². The van der Waals surface area contributed by atoms with Crippen molar-refractivity contribution in [3.8, 4) is 0 Å². The van der Waals surface area contributed by atoms with Gasteiger partial charge in [-0.2, -0.15) is 10.2 Å². The van der Waals surface area contributed by atoms with Gasteiger partial charge in [-0.1, -0.05) is 5.21 Å². The number of carbonyl (C=O) groups is 3. The van der Waals surface area contributed by atoms with Crippen LogP contribution in [0.15, 0.2) is 23.1 Å². The summed E-state index contributed by atoms with van der Waals surface area (Å²) in [7, 11) is 0. The Morgan fingerprint density at radius 1 is 1.21 bits per heavy atom. The molecule has 0 aliphatic rings. The van der Waals surface area contributed by atoms with Crippen molar-refractivity contribution in [3.63, 3.8) is 0 Å². The average molecular weight is 457 g/mol. The van der Waals surface area contributed by atoms with E-state index in [0.717, 1.165) is 0 Å². The van der Waals surface area contributed by atoms with Gasteiger partial charge in [0.1, 0.15) is 17.6 Å². The van der Waals surface area contributed by atoms with Crippen LogP contribution in [0, 0.1) is 0 Å². The van der Waals surface area contributed by atoms with Gasteiger partial charge in [-0.15, -0.1) is 10.2 Å². The van der Waals surface area contributed by atoms with Crippen molar-refractivity contribution >= 4 is 35.2 Å². The molecule has 0 saturated carbocycles. The fourth-order valence-electron chi connectivity index (χ4n) is 2.72. The third-order valence-corrected chi connectivity index (χ3v) is 4.33. The molecular formula is C17H19N11O5. The van der Waals surface area contributed by atoms with Crippen LogP contribution in [-0.4, -0.2) is 64.5 Å². The molecule has 2 amide bonds. The summed E-state index contributed by atoms with van der Waals surface area (Å²) in [6.07, 6.45) is 1.06. The number of carbonyl (C=O) groups excluding carboxylic acids is 2. The van der Waals surface area contributed by atoms with Gasteiger partial charge in [-0.05, 0) is 18.6 Å². The number of rotatable bonds is 9. The number of pyridine rings is 1. The maximum Gasteiger partial charge on any atom is 0.326 e. The summed E-state index contributed by atoms with van der Waals surface area (Å²) in [4.78, 5) is 57.7. The minimum absolute atomic E-state index is 0.0387. The molecule has 0 fully saturated rings. The molecule has 9 N–H and O–H groups in total. The fraction of sp³-hybridized carbons (Fsp3) is 0.235. The number of H-pyrrole nitrogens is 2. The lowest BCUT2D eigenvalue weighted by Crippen LogP contribution is -2.41. The van der Waals surface area contributed by atoms with Crippen molar-refractivity contribution in [1.82, 2.24) is 40.9 Å². The van der Waals surface area contributed by atoms with E-state index in [-0.39, 0.29) is 48.0 Å². The third kappa shape index (κ3) is 6.06. The number of hydrogen-bond acceptors (Lipinski definition) is 11. The minimum Gasteiger partial charge on any atom is -0.480 e. The summed E-state index contributed by atoms with van der Waals surface area (Å²) in [6.45, 7) is 0. The molecule has 0 radical (unpaired) electrons. The largest absolute Gasteiger partial charge is 0.480 e. The lowest BCUT2D eigenvalue weighted by molar-refractivity contribution is -0.139. The first-order valence-corrected chi connectivity index (χ1v) is 9.39. The Morgan fingerprint density at radius 2 is 2.00 bits per heavy atom. The number of aryl methyl sites for hydroxylation is 1. The molecule has 1 atom stereocenters. The van der Waals surface area contributed by atoms with Crippen LogP contribution in [0.4, 0.5) is 17.5 Å². The highest BCUT2D eigenvalue weighted by atomic mass is 16.4. The highest BCUT2D eigenvalue weighted by Crippen LogP contribution is 2.10. The Bertz CT molecular complexity index is 1210. The summed E-state index contributed by atoms with van der Waals surface area (Å²) in [6, 6.07) is 1.49. The summed E-state index contributed by atoms with van der Waals surface area (Å²) in [5.41, 5.74) is 10.5. The van der Waals surface area contributed by atoms with Gasteiger partial charge in [0.2, 0.25) is 11.9 Å². The Hall–Kier alpha value is -4.89. The number of nitrogens with two attached hydrogens (primary N) is 2. The van der Waals surface area contributed by atoms with E-state index in [4.69, 9.17) is 11.5 Å². The van der Waals surface area contributed by atoms with E-state index in [9.17, 15) is 24.3 Å². The molecule has 3 aromatic heterocycles. The molecular weight excluding hydrogens is 438 g/mol. The van der Waals surface area contributed by atoms with Crippen LogP contribution < -0.4 is 27.7 Å². The summed E-state index contributed by atoms with van der Waals surface area (Å²) in [5, 5.41) is 27.3. The quantitative estimate of drug-likeness (QED) is 0.181. The number of amides is 2. The molecule has 0 aromatic carbocycles. The van der Waals surface area contributed by atoms with E-state index in [2.05, 4.69) is 46.2 Å². The Balaban J connectivity index is 1.58. The molecule has 0 aliphatic heterocycles. The molecule has 3 aromatic rings. The zero-order valence-electron chi connectivity index (χ0n) is 16.9. The number of nitrogen functional groups attached to an aromatic ring is 2. The molecule has 0 aliphatic carbocycles. The maximum absolute atomic E-state index is 12.4. The molecule has 1 unspecified atom stereocenters. The van der Waals surface area contributed by atoms with E-state index < -0.39 is 29.4 Å². The SMILES string of the molecule is Nc1nc(N)c(CC(=O)Nc2ccc(C(=O)NC(CCc3nn[nH]n3)C(=O)O)nc2)c(=O)[nH]1. The highest BCUT2D eigenvalue weighted by molar-refractivity contribution is 5.96. The van der Waals surface area contributed by atoms with E-state index in [1.807, 2.05) is 0 Å². The summed E-state index contributed by atoms with van der Waals surface area (Å²) < 4.78 is 0. The van der Waals surface area contributed by atoms with Crippen LogP contribution in [0.5, 0.6) is 0 Å². The minimum atomic E-state index is -1.23. The standard InChI is InChI=1S/C17H19N11O5/c18-13-8(14(30)24-17(19)23-13)5-12(29)21-7-1-2-9(20-6-7)15(31)22-10(16(32)33)3-4-11-25-27-28-26-11/h1-2,6,10H,3-5H2,(H,21,29)(H,22,31)(H,32,33)(H,25,26,27,28)(H5,18,19,23,24,30). The van der Waals surface area contributed by atoms with Gasteiger partial charge in [0, 0.05) is 6.42 Å². The monoisotopic (exact) mass is 457 g/mol. The predicted octanol–water partition coefficient (Wildman–Crippen LogP) is -2.16. The number of aromatic amines is 2. The van der Waals surface area contributed by atoms with Gasteiger partial charge in [-0.3, -0.25) is 19.4 Å². The summed E-state index contributed by atoms with van der Waals surface area (Å²) >= 11 is 0. The van der Waals surface area contributed by atoms with Crippen LogP contribution >= 0.6 is 0 Å². The van der Waals surface area contributed by atoms with Crippen LogP contribution in [0.1, 0.15) is 28.3 Å². The van der Waals surface area contributed by atoms with E-state index in [0.29, 0.717) is 5.82 Å². The first kappa shape index (κ1) is 22.8. The molecule has 16 nitrogen and oxygen atoms in total. The Labute approximate surface area is 184 Å². The second-order valence-electron chi connectivity index (χ2n) is 6.70. The van der Waals surface area contributed by atoms with Crippen LogP contribution in [0.25, 0.3) is 0 Å². The second-order valence-corrected chi connectivity index (χ2v) is 6.70. The zero-order chi connectivity index (χ0) is 24.0. The maximum atomic E-state index is 12.4. The predicted molar refractivity (Wildman–Crippen MR) is 112 cm³/mol. The van der Waals surface area contributed by atoms with Crippen molar-refractivity contribution in [2.45, 2.75) is 25.3 Å². The molecule has 3 heterocycles. The Kier molecular flexibility index (Phi) is 6.87. The number of carboxylic acids is 1. The van der Waals surface area contributed by atoms with Gasteiger partial charge < -0.3 is 27.2 Å². The van der Waals surface area contributed by atoms with E-state index in [1.165, 1.54) is 18.3 Å². The number of tetrazole rings is 1. The molecule has 0 bridgehead atoms. The van der Waals surface area contributed by atoms with Crippen molar-refractivity contribution in [3.05, 3.63) is 45.8 Å². The number of nitrogens with one attached hydrogen (secondary N) is 4. The van der Waals surface area contributed by atoms with Crippen molar-refractivity contribution in [1.29, 1.82) is 0 Å². The zero-order valence-corrected chi connectivity index (χ0v) is 16.9. The topological polar surface area (TPSA) is 261 Å². The fourth-order valence-corrected chi connectivity index (χ4v) is 2.72. The molecule has 172 valence electrons. The number of nitrogens with zero attached hydrogens (tertiary/aromatic N) is 5. The van der Waals surface area contributed by atoms with Crippen LogP contribution in [0.3, 0.4) is 0 Å². The van der Waals surface area contributed by atoms with Crippen molar-refractivity contribution < 1.29 is 19.5 Å². The normalized spacial score (nSPS) is 11.5. The first-order chi connectivity index (χ1) is 15.7.